The molecule has 0 aliphatic carbocycles. The molecule has 2 heterocycles. The van der Waals surface area contributed by atoms with E-state index in [2.05, 4.69) is 15.3 Å². The van der Waals surface area contributed by atoms with Crippen LogP contribution in [0.5, 0.6) is 0 Å². The Morgan fingerprint density at radius 2 is 2.05 bits per heavy atom. The maximum Gasteiger partial charge on any atom is 0.269 e. The van der Waals surface area contributed by atoms with Crippen LogP contribution >= 0.6 is 0 Å². The van der Waals surface area contributed by atoms with Crippen LogP contribution in [0.3, 0.4) is 0 Å². The summed E-state index contributed by atoms with van der Waals surface area (Å²) >= 11 is 0. The summed E-state index contributed by atoms with van der Waals surface area (Å²) in [6.07, 6.45) is 2.50. The lowest BCUT2D eigenvalue weighted by Gasteiger charge is -2.06. The number of carbonyl (C=O) groups excluding carboxylic acids is 1. The number of aromatic nitrogens is 2. The molecule has 0 fully saturated rings. The molecule has 19 heavy (non-hydrogen) atoms. The average Bonchev–Trinajstić information content (AvgIpc) is 2.37. The molecule has 1 N–H and O–H groups in total. The van der Waals surface area contributed by atoms with E-state index < -0.39 is 0 Å². The second-order valence-electron chi connectivity index (χ2n) is 4.58. The van der Waals surface area contributed by atoms with E-state index in [9.17, 15) is 4.79 Å². The van der Waals surface area contributed by atoms with Crippen LogP contribution in [0.4, 0.5) is 0 Å². The van der Waals surface area contributed by atoms with E-state index in [1.54, 1.807) is 19.3 Å². The quantitative estimate of drug-likeness (QED) is 0.913. The van der Waals surface area contributed by atoms with Crippen molar-refractivity contribution < 1.29 is 4.79 Å². The van der Waals surface area contributed by atoms with Gasteiger partial charge in [-0.15, -0.1) is 0 Å². The molecule has 0 spiro atoms. The second-order valence-corrected chi connectivity index (χ2v) is 4.58. The standard InChI is InChI=1S/C15H17N3O/c1-10-6-13(18-14(7-10)15(19)16-3)9-12-4-5-17-11(2)8-12/h4-8H,9H2,1-3H3,(H,16,19). The highest BCUT2D eigenvalue weighted by atomic mass is 16.1. The van der Waals surface area contributed by atoms with Crippen LogP contribution in [0.15, 0.2) is 30.5 Å². The molecule has 0 aromatic carbocycles. The van der Waals surface area contributed by atoms with Gasteiger partial charge in [-0.1, -0.05) is 0 Å². The van der Waals surface area contributed by atoms with Gasteiger partial charge in [0, 0.05) is 31.1 Å². The summed E-state index contributed by atoms with van der Waals surface area (Å²) in [6, 6.07) is 7.79. The highest BCUT2D eigenvalue weighted by Crippen LogP contribution is 2.11. The fraction of sp³-hybridized carbons (Fsp3) is 0.267. The third kappa shape index (κ3) is 3.37. The van der Waals surface area contributed by atoms with Gasteiger partial charge in [-0.25, -0.2) is 4.98 Å². The number of pyridine rings is 2. The molecule has 2 aromatic heterocycles. The van der Waals surface area contributed by atoms with Crippen molar-refractivity contribution in [3.63, 3.8) is 0 Å². The Labute approximate surface area is 112 Å². The topological polar surface area (TPSA) is 54.9 Å². The van der Waals surface area contributed by atoms with Crippen molar-refractivity contribution in [2.75, 3.05) is 7.05 Å². The maximum atomic E-state index is 11.6. The number of nitrogens with one attached hydrogen (secondary N) is 1. The first-order valence-electron chi connectivity index (χ1n) is 6.19. The number of amides is 1. The minimum atomic E-state index is -0.157. The molecule has 0 atom stereocenters. The lowest BCUT2D eigenvalue weighted by Crippen LogP contribution is -2.20. The number of nitrogens with zero attached hydrogens (tertiary/aromatic N) is 2. The van der Waals surface area contributed by atoms with Crippen molar-refractivity contribution in [2.45, 2.75) is 20.3 Å². The number of carbonyl (C=O) groups is 1. The highest BCUT2D eigenvalue weighted by Gasteiger charge is 2.08. The Morgan fingerprint density at radius 1 is 1.26 bits per heavy atom. The number of hydrogen-bond donors (Lipinski definition) is 1. The Hall–Kier alpha value is -2.23. The Bertz CT molecular complexity index is 608. The van der Waals surface area contributed by atoms with Crippen LogP contribution in [-0.4, -0.2) is 22.9 Å². The lowest BCUT2D eigenvalue weighted by molar-refractivity contribution is 0.0958. The smallest absolute Gasteiger partial charge is 0.269 e. The fourth-order valence-electron chi connectivity index (χ4n) is 2.00. The van der Waals surface area contributed by atoms with Crippen LogP contribution in [0, 0.1) is 13.8 Å². The molecule has 0 radical (unpaired) electrons. The Balaban J connectivity index is 2.30. The van der Waals surface area contributed by atoms with Gasteiger partial charge in [-0.05, 0) is 49.2 Å². The largest absolute Gasteiger partial charge is 0.354 e. The van der Waals surface area contributed by atoms with Gasteiger partial charge in [0.05, 0.1) is 0 Å². The van der Waals surface area contributed by atoms with Crippen molar-refractivity contribution in [2.24, 2.45) is 0 Å². The SMILES string of the molecule is CNC(=O)c1cc(C)cc(Cc2ccnc(C)c2)n1. The first-order chi connectivity index (χ1) is 9.08. The number of rotatable bonds is 3. The van der Waals surface area contributed by atoms with E-state index in [1.165, 1.54) is 0 Å². The first-order valence-corrected chi connectivity index (χ1v) is 6.19. The second kappa shape index (κ2) is 5.61. The van der Waals surface area contributed by atoms with Crippen LogP contribution in [0.25, 0.3) is 0 Å². The monoisotopic (exact) mass is 255 g/mol. The Kier molecular flexibility index (Phi) is 3.90. The zero-order valence-corrected chi connectivity index (χ0v) is 11.4. The molecule has 4 heteroatoms. The van der Waals surface area contributed by atoms with Gasteiger partial charge < -0.3 is 5.32 Å². The molecule has 2 rings (SSSR count). The summed E-state index contributed by atoms with van der Waals surface area (Å²) in [5, 5.41) is 2.60. The van der Waals surface area contributed by atoms with Gasteiger partial charge in [-0.2, -0.15) is 0 Å². The van der Waals surface area contributed by atoms with Crippen LogP contribution in [0.2, 0.25) is 0 Å². The third-order valence-corrected chi connectivity index (χ3v) is 2.83. The van der Waals surface area contributed by atoms with Crippen LogP contribution in [0.1, 0.15) is 33.0 Å². The van der Waals surface area contributed by atoms with Crippen LogP contribution in [-0.2, 0) is 6.42 Å². The molecule has 0 bridgehead atoms. The summed E-state index contributed by atoms with van der Waals surface area (Å²) in [5.74, 6) is -0.157. The van der Waals surface area contributed by atoms with Gasteiger partial charge in [0.25, 0.3) is 5.91 Å². The zero-order chi connectivity index (χ0) is 13.8. The van der Waals surface area contributed by atoms with Gasteiger partial charge in [0.1, 0.15) is 5.69 Å². The first kappa shape index (κ1) is 13.2. The van der Waals surface area contributed by atoms with E-state index in [1.807, 2.05) is 32.0 Å². The molecular weight excluding hydrogens is 238 g/mol. The van der Waals surface area contributed by atoms with E-state index in [0.717, 1.165) is 22.5 Å². The van der Waals surface area contributed by atoms with Gasteiger partial charge in [-0.3, -0.25) is 9.78 Å². The summed E-state index contributed by atoms with van der Waals surface area (Å²) in [7, 11) is 1.61. The van der Waals surface area contributed by atoms with Gasteiger partial charge in [0.2, 0.25) is 0 Å². The van der Waals surface area contributed by atoms with Gasteiger partial charge in [0.15, 0.2) is 0 Å². The average molecular weight is 255 g/mol. The zero-order valence-electron chi connectivity index (χ0n) is 11.4. The summed E-state index contributed by atoms with van der Waals surface area (Å²) in [5.41, 5.74) is 4.52. The molecule has 0 aliphatic rings. The summed E-state index contributed by atoms with van der Waals surface area (Å²) in [6.45, 7) is 3.93. The minimum absolute atomic E-state index is 0.157. The predicted octanol–water partition coefficient (Wildman–Crippen LogP) is 2.04. The number of hydrogen-bond acceptors (Lipinski definition) is 3. The van der Waals surface area contributed by atoms with E-state index in [4.69, 9.17) is 0 Å². The predicted molar refractivity (Wildman–Crippen MR) is 74.1 cm³/mol. The molecule has 1 amide bonds. The molecule has 0 saturated heterocycles. The van der Waals surface area contributed by atoms with Crippen molar-refractivity contribution in [3.05, 3.63) is 58.7 Å². The number of aryl methyl sites for hydroxylation is 2. The minimum Gasteiger partial charge on any atom is -0.354 e. The molecule has 0 unspecified atom stereocenters. The molecule has 4 nitrogen and oxygen atoms in total. The molecule has 98 valence electrons. The summed E-state index contributed by atoms with van der Waals surface area (Å²) in [4.78, 5) is 20.2. The molecule has 2 aromatic rings. The van der Waals surface area contributed by atoms with Gasteiger partial charge >= 0.3 is 0 Å². The highest BCUT2D eigenvalue weighted by molar-refractivity contribution is 5.92. The van der Waals surface area contributed by atoms with Crippen molar-refractivity contribution in [1.82, 2.24) is 15.3 Å². The lowest BCUT2D eigenvalue weighted by atomic mass is 10.1. The molecule has 0 aliphatic heterocycles. The van der Waals surface area contributed by atoms with E-state index >= 15 is 0 Å². The van der Waals surface area contributed by atoms with Crippen molar-refractivity contribution in [3.8, 4) is 0 Å². The van der Waals surface area contributed by atoms with Crippen LogP contribution < -0.4 is 5.32 Å². The fourth-order valence-corrected chi connectivity index (χ4v) is 2.00. The molecule has 0 saturated carbocycles. The van der Waals surface area contributed by atoms with E-state index in [0.29, 0.717) is 12.1 Å². The molecular formula is C15H17N3O. The van der Waals surface area contributed by atoms with E-state index in [-0.39, 0.29) is 5.91 Å². The van der Waals surface area contributed by atoms with Crippen molar-refractivity contribution >= 4 is 5.91 Å². The Morgan fingerprint density at radius 3 is 2.74 bits per heavy atom. The summed E-state index contributed by atoms with van der Waals surface area (Å²) < 4.78 is 0. The third-order valence-electron chi connectivity index (χ3n) is 2.83. The van der Waals surface area contributed by atoms with Crippen molar-refractivity contribution in [1.29, 1.82) is 0 Å². The maximum absolute atomic E-state index is 11.6. The normalized spacial score (nSPS) is 10.3.